The van der Waals surface area contributed by atoms with Crippen molar-refractivity contribution in [2.75, 3.05) is 39.9 Å². The summed E-state index contributed by atoms with van der Waals surface area (Å²) in [6.07, 6.45) is 4.09. The summed E-state index contributed by atoms with van der Waals surface area (Å²) in [4.78, 5) is 11.0. The number of benzene rings is 1. The van der Waals surface area contributed by atoms with Gasteiger partial charge in [0.1, 0.15) is 11.6 Å². The van der Waals surface area contributed by atoms with Crippen molar-refractivity contribution in [1.82, 2.24) is 20.2 Å². The Hall–Kier alpha value is -2.77. The number of nitrogens with zero attached hydrogens (tertiary/aromatic N) is 3. The highest BCUT2D eigenvalue weighted by Gasteiger charge is 2.23. The maximum Gasteiger partial charge on any atom is 0.213 e. The first-order valence-electron chi connectivity index (χ1n) is 11.4. The van der Waals surface area contributed by atoms with Crippen molar-refractivity contribution in [2.45, 2.75) is 25.8 Å². The third kappa shape index (κ3) is 4.54. The van der Waals surface area contributed by atoms with Gasteiger partial charge in [0.25, 0.3) is 0 Å². The van der Waals surface area contributed by atoms with Crippen LogP contribution in [0.5, 0.6) is 11.6 Å². The van der Waals surface area contributed by atoms with Gasteiger partial charge in [-0.05, 0) is 55.1 Å². The van der Waals surface area contributed by atoms with Crippen molar-refractivity contribution >= 4 is 11.0 Å². The molecule has 0 saturated carbocycles. The van der Waals surface area contributed by atoms with E-state index in [4.69, 9.17) is 9.47 Å². The number of hydrogen-bond donors (Lipinski definition) is 1. The number of likely N-dealkylation sites (tertiary alicyclic amines) is 1. The smallest absolute Gasteiger partial charge is 0.213 e. The van der Waals surface area contributed by atoms with Crippen molar-refractivity contribution in [3.8, 4) is 11.6 Å². The van der Waals surface area contributed by atoms with Gasteiger partial charge in [0.05, 0.1) is 30.9 Å². The molecule has 4 heterocycles. The van der Waals surface area contributed by atoms with Gasteiger partial charge in [-0.25, -0.2) is 9.37 Å². The molecule has 2 aliphatic heterocycles. The minimum Gasteiger partial charge on any atom is -0.493 e. The largest absolute Gasteiger partial charge is 0.493 e. The Morgan fingerprint density at radius 2 is 2.22 bits per heavy atom. The molecular weight excluding hydrogens is 407 g/mol. The molecule has 1 fully saturated rings. The fraction of sp³-hybridized carbons (Fsp3) is 0.440. The molecule has 1 N–H and O–H groups in total. The normalized spacial score (nSPS) is 18.1. The summed E-state index contributed by atoms with van der Waals surface area (Å²) < 4.78 is 25.3. The van der Waals surface area contributed by atoms with Crippen LogP contribution in [-0.2, 0) is 19.4 Å². The molecule has 1 unspecified atom stereocenters. The summed E-state index contributed by atoms with van der Waals surface area (Å²) in [5, 5.41) is 3.62. The minimum atomic E-state index is -0.296. The molecule has 0 bridgehead atoms. The molecule has 6 nitrogen and oxygen atoms in total. The molecule has 1 atom stereocenters. The average Bonchev–Trinajstić information content (AvgIpc) is 3.47. The van der Waals surface area contributed by atoms with Gasteiger partial charge in [-0.15, -0.1) is 0 Å². The van der Waals surface area contributed by atoms with Crippen LogP contribution < -0.4 is 14.8 Å². The lowest BCUT2D eigenvalue weighted by molar-refractivity contribution is 0.324. The monoisotopic (exact) mass is 436 g/mol. The number of nitrogens with one attached hydrogen (secondary N) is 1. The second-order valence-corrected chi connectivity index (χ2v) is 8.68. The van der Waals surface area contributed by atoms with E-state index in [1.165, 1.54) is 17.3 Å². The highest BCUT2D eigenvalue weighted by Crippen LogP contribution is 2.26. The maximum atomic E-state index is 14.5. The van der Waals surface area contributed by atoms with Crippen LogP contribution in [-0.4, -0.2) is 54.8 Å². The van der Waals surface area contributed by atoms with E-state index >= 15 is 0 Å². The first-order valence-corrected chi connectivity index (χ1v) is 11.4. The van der Waals surface area contributed by atoms with Crippen LogP contribution in [0.1, 0.15) is 23.1 Å². The zero-order chi connectivity index (χ0) is 21.9. The topological polar surface area (TPSA) is 59.5 Å². The molecule has 5 rings (SSSR count). The van der Waals surface area contributed by atoms with E-state index in [0.29, 0.717) is 34.8 Å². The Balaban J connectivity index is 1.13. The number of halogens is 1. The number of pyridine rings is 2. The fourth-order valence-corrected chi connectivity index (χ4v) is 4.75. The lowest BCUT2D eigenvalue weighted by Gasteiger charge is -2.17. The first kappa shape index (κ1) is 21.1. The summed E-state index contributed by atoms with van der Waals surface area (Å²) in [5.74, 6) is 1.84. The van der Waals surface area contributed by atoms with Crippen molar-refractivity contribution < 1.29 is 13.9 Å². The molecule has 0 spiro atoms. The van der Waals surface area contributed by atoms with Crippen LogP contribution in [0.15, 0.2) is 36.5 Å². The molecule has 1 saturated heterocycles. The van der Waals surface area contributed by atoms with Crippen LogP contribution in [0.4, 0.5) is 4.39 Å². The van der Waals surface area contributed by atoms with Gasteiger partial charge in [-0.2, -0.15) is 0 Å². The highest BCUT2D eigenvalue weighted by molar-refractivity contribution is 5.78. The van der Waals surface area contributed by atoms with Crippen molar-refractivity contribution in [3.05, 3.63) is 59.0 Å². The zero-order valence-corrected chi connectivity index (χ0v) is 18.4. The highest BCUT2D eigenvalue weighted by atomic mass is 19.1. The SMILES string of the molecule is COc1ccc2ncc(F)c(CCN3CCC(CNCc4ccc5c(c4)CCO5)C3)c2n1. The third-order valence-electron chi connectivity index (χ3n) is 6.51. The lowest BCUT2D eigenvalue weighted by atomic mass is 10.1. The van der Waals surface area contributed by atoms with Gasteiger partial charge >= 0.3 is 0 Å². The number of aromatic nitrogens is 2. The van der Waals surface area contributed by atoms with Crippen molar-refractivity contribution in [2.24, 2.45) is 5.92 Å². The lowest BCUT2D eigenvalue weighted by Crippen LogP contribution is -2.27. The molecule has 0 amide bonds. The Morgan fingerprint density at radius 1 is 1.28 bits per heavy atom. The van der Waals surface area contributed by atoms with E-state index in [0.717, 1.165) is 57.9 Å². The molecule has 1 aromatic carbocycles. The van der Waals surface area contributed by atoms with E-state index in [2.05, 4.69) is 38.4 Å². The molecule has 2 aromatic heterocycles. The quantitative estimate of drug-likeness (QED) is 0.584. The van der Waals surface area contributed by atoms with Crippen LogP contribution in [0.2, 0.25) is 0 Å². The van der Waals surface area contributed by atoms with Crippen molar-refractivity contribution in [1.29, 1.82) is 0 Å². The van der Waals surface area contributed by atoms with Crippen LogP contribution in [0, 0.1) is 11.7 Å². The summed E-state index contributed by atoms with van der Waals surface area (Å²) in [7, 11) is 1.57. The van der Waals surface area contributed by atoms with Gasteiger partial charge < -0.3 is 19.7 Å². The number of rotatable bonds is 8. The first-order chi connectivity index (χ1) is 15.7. The second-order valence-electron chi connectivity index (χ2n) is 8.68. The van der Waals surface area contributed by atoms with Gasteiger partial charge in [-0.3, -0.25) is 4.98 Å². The van der Waals surface area contributed by atoms with Gasteiger partial charge in [-0.1, -0.05) is 12.1 Å². The van der Waals surface area contributed by atoms with Gasteiger partial charge in [0, 0.05) is 37.7 Å². The van der Waals surface area contributed by atoms with Gasteiger partial charge in [0.2, 0.25) is 5.88 Å². The Labute approximate surface area is 187 Å². The summed E-state index contributed by atoms with van der Waals surface area (Å²) in [5.41, 5.74) is 4.55. The fourth-order valence-electron chi connectivity index (χ4n) is 4.75. The van der Waals surface area contributed by atoms with Crippen LogP contribution >= 0.6 is 0 Å². The Bertz CT molecular complexity index is 1110. The average molecular weight is 437 g/mol. The number of ether oxygens (including phenoxy) is 2. The van der Waals surface area contributed by atoms with E-state index in [9.17, 15) is 4.39 Å². The Kier molecular flexibility index (Phi) is 6.19. The third-order valence-corrected chi connectivity index (χ3v) is 6.51. The maximum absolute atomic E-state index is 14.5. The summed E-state index contributed by atoms with van der Waals surface area (Å²) in [6, 6.07) is 10.1. The molecular formula is C25H29FN4O2. The van der Waals surface area contributed by atoms with Crippen LogP contribution in [0.3, 0.4) is 0 Å². The zero-order valence-electron chi connectivity index (χ0n) is 18.4. The number of fused-ring (bicyclic) bond motifs is 2. The van der Waals surface area contributed by atoms with E-state index < -0.39 is 0 Å². The minimum absolute atomic E-state index is 0.296. The van der Waals surface area contributed by atoms with Crippen LogP contribution in [0.25, 0.3) is 11.0 Å². The summed E-state index contributed by atoms with van der Waals surface area (Å²) in [6.45, 7) is 5.57. The molecule has 0 aliphatic carbocycles. The van der Waals surface area contributed by atoms with Crippen molar-refractivity contribution in [3.63, 3.8) is 0 Å². The molecule has 2 aliphatic rings. The van der Waals surface area contributed by atoms with E-state index in [1.54, 1.807) is 13.2 Å². The predicted octanol–water partition coefficient (Wildman–Crippen LogP) is 3.37. The predicted molar refractivity (Wildman–Crippen MR) is 122 cm³/mol. The second kappa shape index (κ2) is 9.38. The Morgan fingerprint density at radius 3 is 3.12 bits per heavy atom. The van der Waals surface area contributed by atoms with E-state index in [1.807, 2.05) is 6.07 Å². The number of hydrogen-bond acceptors (Lipinski definition) is 6. The molecule has 32 heavy (non-hydrogen) atoms. The molecule has 0 radical (unpaired) electrons. The molecule has 7 heteroatoms. The molecule has 168 valence electrons. The molecule has 3 aromatic rings. The standard InChI is InChI=1S/C25H29FN4O2/c1-31-24-5-3-22-25(29-24)20(21(26)15-28-22)7-10-30-9-6-18(16-30)14-27-13-17-2-4-23-19(12-17)8-11-32-23/h2-5,12,15,18,27H,6-11,13-14,16H2,1H3. The summed E-state index contributed by atoms with van der Waals surface area (Å²) >= 11 is 0. The number of methoxy groups -OCH3 is 1. The van der Waals surface area contributed by atoms with E-state index in [-0.39, 0.29) is 5.82 Å². The van der Waals surface area contributed by atoms with Gasteiger partial charge in [0.15, 0.2) is 0 Å².